The van der Waals surface area contributed by atoms with Gasteiger partial charge < -0.3 is 19.5 Å². The zero-order valence-electron chi connectivity index (χ0n) is 15.7. The van der Waals surface area contributed by atoms with Gasteiger partial charge in [-0.3, -0.25) is 0 Å². The van der Waals surface area contributed by atoms with Crippen LogP contribution < -0.4 is 0 Å². The van der Waals surface area contributed by atoms with Gasteiger partial charge >= 0.3 is 12.1 Å². The third-order valence-corrected chi connectivity index (χ3v) is 6.19. The molecule has 8 heteroatoms. The van der Waals surface area contributed by atoms with Crippen molar-refractivity contribution in [2.24, 2.45) is 5.92 Å². The van der Waals surface area contributed by atoms with Crippen molar-refractivity contribution in [2.75, 3.05) is 13.2 Å². The van der Waals surface area contributed by atoms with Gasteiger partial charge in [0.2, 0.25) is 0 Å². The van der Waals surface area contributed by atoms with Crippen LogP contribution in [0, 0.1) is 5.92 Å². The Bertz CT molecular complexity index is 892. The Labute approximate surface area is 176 Å². The van der Waals surface area contributed by atoms with Crippen molar-refractivity contribution in [2.45, 2.75) is 31.1 Å². The molecule has 2 aromatic rings. The average Bonchev–Trinajstić information content (AvgIpc) is 3.31. The number of halogens is 1. The van der Waals surface area contributed by atoms with Gasteiger partial charge in [0.05, 0.1) is 0 Å². The highest BCUT2D eigenvalue weighted by Crippen LogP contribution is 2.53. The number of carbonyl (C=O) groups excluding carboxylic acids is 1. The molecule has 1 saturated heterocycles. The molecular weight excluding hydrogens is 440 g/mol. The van der Waals surface area contributed by atoms with E-state index in [9.17, 15) is 9.59 Å². The second-order valence-corrected chi connectivity index (χ2v) is 8.24. The van der Waals surface area contributed by atoms with Crippen LogP contribution in [0.1, 0.15) is 24.0 Å². The standard InChI is InChI=1S/C21H21BrN2O5/c22-18-7-6-15(10-23-18)21(29-13-19(25)26)9-17-8-16(21)11-24(17)20(27)28-12-14-4-2-1-3-5-14/h1-7,10,16-17H,8-9,11-13H2,(H,25,26). The van der Waals surface area contributed by atoms with E-state index < -0.39 is 18.2 Å². The second-order valence-electron chi connectivity index (χ2n) is 7.42. The summed E-state index contributed by atoms with van der Waals surface area (Å²) in [5.41, 5.74) is 1.02. The predicted molar refractivity (Wildman–Crippen MR) is 107 cm³/mol. The van der Waals surface area contributed by atoms with E-state index in [0.717, 1.165) is 17.5 Å². The van der Waals surface area contributed by atoms with E-state index >= 15 is 0 Å². The first-order valence-corrected chi connectivity index (χ1v) is 10.2. The maximum atomic E-state index is 12.6. The number of nitrogens with zero attached hydrogens (tertiary/aromatic N) is 2. The summed E-state index contributed by atoms with van der Waals surface area (Å²) in [5.74, 6) is -1.03. The van der Waals surface area contributed by atoms with Crippen molar-refractivity contribution in [3.63, 3.8) is 0 Å². The molecule has 1 aliphatic heterocycles. The number of carbonyl (C=O) groups is 2. The van der Waals surface area contributed by atoms with Crippen LogP contribution in [0.5, 0.6) is 0 Å². The lowest BCUT2D eigenvalue weighted by molar-refractivity contribution is -0.156. The molecule has 29 heavy (non-hydrogen) atoms. The van der Waals surface area contributed by atoms with Gasteiger partial charge in [0.25, 0.3) is 0 Å². The quantitative estimate of drug-likeness (QED) is 0.662. The summed E-state index contributed by atoms with van der Waals surface area (Å²) < 4.78 is 12.1. The molecule has 2 fully saturated rings. The Morgan fingerprint density at radius 2 is 2.03 bits per heavy atom. The van der Waals surface area contributed by atoms with Gasteiger partial charge in [0.1, 0.15) is 23.4 Å². The summed E-state index contributed by atoms with van der Waals surface area (Å²) in [6.07, 6.45) is 2.64. The molecule has 7 nitrogen and oxygen atoms in total. The summed E-state index contributed by atoms with van der Waals surface area (Å²) in [4.78, 5) is 29.8. The number of benzene rings is 1. The van der Waals surface area contributed by atoms with E-state index in [1.54, 1.807) is 11.1 Å². The Balaban J connectivity index is 1.47. The van der Waals surface area contributed by atoms with Crippen LogP contribution >= 0.6 is 15.9 Å². The summed E-state index contributed by atoms with van der Waals surface area (Å²) in [6.45, 7) is 0.302. The normalized spacial score (nSPS) is 25.2. The minimum absolute atomic E-state index is 0.0147. The molecule has 2 bridgehead atoms. The van der Waals surface area contributed by atoms with Crippen LogP contribution in [0.2, 0.25) is 0 Å². The van der Waals surface area contributed by atoms with E-state index in [-0.39, 0.29) is 24.7 Å². The zero-order chi connectivity index (χ0) is 20.4. The van der Waals surface area contributed by atoms with Crippen molar-refractivity contribution in [3.8, 4) is 0 Å². The first kappa shape index (κ1) is 19.8. The van der Waals surface area contributed by atoms with Crippen molar-refractivity contribution < 1.29 is 24.2 Å². The molecule has 1 aromatic heterocycles. The van der Waals surface area contributed by atoms with Crippen LogP contribution in [0.3, 0.4) is 0 Å². The van der Waals surface area contributed by atoms with Gasteiger partial charge in [0, 0.05) is 36.7 Å². The van der Waals surface area contributed by atoms with Gasteiger partial charge in [-0.2, -0.15) is 0 Å². The Morgan fingerprint density at radius 1 is 1.24 bits per heavy atom. The molecule has 2 aliphatic rings. The van der Waals surface area contributed by atoms with Gasteiger partial charge in [-0.25, -0.2) is 14.6 Å². The number of rotatable bonds is 6. The largest absolute Gasteiger partial charge is 0.480 e. The zero-order valence-corrected chi connectivity index (χ0v) is 17.2. The number of carboxylic acid groups (broad SMARTS) is 1. The molecule has 1 saturated carbocycles. The molecule has 2 heterocycles. The van der Waals surface area contributed by atoms with Gasteiger partial charge in [-0.15, -0.1) is 0 Å². The maximum Gasteiger partial charge on any atom is 0.410 e. The first-order valence-electron chi connectivity index (χ1n) is 9.43. The fraction of sp³-hybridized carbons (Fsp3) is 0.381. The van der Waals surface area contributed by atoms with Gasteiger partial charge in [-0.1, -0.05) is 36.4 Å². The van der Waals surface area contributed by atoms with Crippen LogP contribution in [0.25, 0.3) is 0 Å². The monoisotopic (exact) mass is 460 g/mol. The third-order valence-electron chi connectivity index (χ3n) is 5.72. The van der Waals surface area contributed by atoms with Crippen LogP contribution in [-0.2, 0) is 26.5 Å². The molecule has 4 rings (SSSR count). The Morgan fingerprint density at radius 3 is 2.66 bits per heavy atom. The molecule has 152 valence electrons. The molecule has 1 aromatic carbocycles. The number of carboxylic acids is 1. The van der Waals surface area contributed by atoms with Crippen molar-refractivity contribution in [1.82, 2.24) is 9.88 Å². The highest BCUT2D eigenvalue weighted by molar-refractivity contribution is 9.10. The number of fused-ring (bicyclic) bond motifs is 2. The summed E-state index contributed by atoms with van der Waals surface area (Å²) in [5, 5.41) is 9.14. The van der Waals surface area contributed by atoms with Crippen molar-refractivity contribution >= 4 is 28.0 Å². The third kappa shape index (κ3) is 4.00. The van der Waals surface area contributed by atoms with E-state index in [1.165, 1.54) is 0 Å². The number of likely N-dealkylation sites (tertiary alicyclic amines) is 1. The molecule has 1 N–H and O–H groups in total. The smallest absolute Gasteiger partial charge is 0.410 e. The van der Waals surface area contributed by atoms with Crippen LogP contribution in [0.15, 0.2) is 53.3 Å². The number of amides is 1. The fourth-order valence-electron chi connectivity index (χ4n) is 4.42. The lowest BCUT2D eigenvalue weighted by Gasteiger charge is -2.40. The van der Waals surface area contributed by atoms with E-state index in [0.29, 0.717) is 17.6 Å². The molecule has 1 aliphatic carbocycles. The Kier molecular flexibility index (Phi) is 5.56. The lowest BCUT2D eigenvalue weighted by Crippen LogP contribution is -2.48. The number of hydrogen-bond acceptors (Lipinski definition) is 5. The van der Waals surface area contributed by atoms with Crippen molar-refractivity contribution in [3.05, 3.63) is 64.4 Å². The number of hydrogen-bond donors (Lipinski definition) is 1. The molecule has 3 atom stereocenters. The topological polar surface area (TPSA) is 89.0 Å². The lowest BCUT2D eigenvalue weighted by atomic mass is 9.83. The SMILES string of the molecule is O=C(O)COC1(c2ccc(Br)nc2)CC2CC1CN2C(=O)OCc1ccccc1. The van der Waals surface area contributed by atoms with Crippen molar-refractivity contribution in [1.29, 1.82) is 0 Å². The molecule has 0 spiro atoms. The van der Waals surface area contributed by atoms with Crippen LogP contribution in [-0.4, -0.2) is 46.2 Å². The molecule has 1 amide bonds. The minimum Gasteiger partial charge on any atom is -0.480 e. The van der Waals surface area contributed by atoms with Gasteiger partial charge in [0.15, 0.2) is 0 Å². The second kappa shape index (κ2) is 8.12. The number of ether oxygens (including phenoxy) is 2. The minimum atomic E-state index is -1.02. The maximum absolute atomic E-state index is 12.6. The fourth-order valence-corrected chi connectivity index (χ4v) is 4.66. The first-order chi connectivity index (χ1) is 14.0. The number of aromatic nitrogens is 1. The van der Waals surface area contributed by atoms with Crippen LogP contribution in [0.4, 0.5) is 4.79 Å². The van der Waals surface area contributed by atoms with E-state index in [2.05, 4.69) is 20.9 Å². The molecule has 3 unspecified atom stereocenters. The van der Waals surface area contributed by atoms with Gasteiger partial charge in [-0.05, 0) is 34.0 Å². The highest BCUT2D eigenvalue weighted by atomic mass is 79.9. The Hall–Kier alpha value is -2.45. The van der Waals surface area contributed by atoms with E-state index in [1.807, 2.05) is 42.5 Å². The highest BCUT2D eigenvalue weighted by Gasteiger charge is 2.58. The number of piperidine rings is 1. The summed E-state index contributed by atoms with van der Waals surface area (Å²) >= 11 is 3.32. The number of pyridine rings is 1. The molecular formula is C21H21BrN2O5. The molecule has 0 radical (unpaired) electrons. The summed E-state index contributed by atoms with van der Waals surface area (Å²) in [7, 11) is 0. The average molecular weight is 461 g/mol. The predicted octanol–water partition coefficient (Wildman–Crippen LogP) is 3.57. The number of aliphatic carboxylic acids is 1. The van der Waals surface area contributed by atoms with E-state index in [4.69, 9.17) is 14.6 Å². The summed E-state index contributed by atoms with van der Waals surface area (Å²) in [6, 6.07) is 13.2.